The number of aliphatic hydroxyl groups is 1. The number of ether oxygens (including phenoxy) is 1. The average Bonchev–Trinajstić information content (AvgIpc) is 3.39. The smallest absolute Gasteiger partial charge is 0.295 e. The zero-order valence-electron chi connectivity index (χ0n) is 18.0. The Bertz CT molecular complexity index is 1400. The number of aryl methyl sites for hydroxylation is 1. The van der Waals surface area contributed by atoms with Crippen molar-refractivity contribution in [1.82, 2.24) is 4.98 Å². The molecular weight excluding hydrogens is 420 g/mol. The number of rotatable bonds is 5. The molecule has 164 valence electrons. The molecule has 1 amide bonds. The second-order valence-electron chi connectivity index (χ2n) is 7.76. The van der Waals surface area contributed by atoms with E-state index in [1.807, 2.05) is 31.2 Å². The van der Waals surface area contributed by atoms with Gasteiger partial charge in [0.15, 0.2) is 22.9 Å². The lowest BCUT2D eigenvalue weighted by Crippen LogP contribution is -2.31. The number of ketones is 1. The van der Waals surface area contributed by atoms with Gasteiger partial charge >= 0.3 is 0 Å². The summed E-state index contributed by atoms with van der Waals surface area (Å²) < 4.78 is 11.2. The van der Waals surface area contributed by atoms with Gasteiger partial charge in [-0.2, -0.15) is 0 Å². The van der Waals surface area contributed by atoms with Gasteiger partial charge in [-0.05, 0) is 36.8 Å². The number of fused-ring (bicyclic) bond motifs is 1. The number of pyridine rings is 1. The molecule has 0 saturated carbocycles. The Labute approximate surface area is 189 Å². The number of Topliss-reactive ketones (excluding diaryl/α,β-unsaturated/α-hetero) is 1. The largest absolute Gasteiger partial charge is 0.503 e. The van der Waals surface area contributed by atoms with Crippen LogP contribution in [-0.2, 0) is 4.79 Å². The molecular formula is C26H20N2O5. The van der Waals surface area contributed by atoms with Crippen molar-refractivity contribution in [1.29, 1.82) is 0 Å². The lowest BCUT2D eigenvalue weighted by molar-refractivity contribution is -0.117. The van der Waals surface area contributed by atoms with E-state index in [0.29, 0.717) is 28.1 Å². The molecule has 1 aliphatic rings. The number of carbonyl (C=O) groups is 2. The third kappa shape index (κ3) is 3.34. The maximum atomic E-state index is 13.6. The Balaban J connectivity index is 1.66. The summed E-state index contributed by atoms with van der Waals surface area (Å²) in [5, 5.41) is 11.5. The normalized spacial score (nSPS) is 16.0. The number of hydrogen-bond donors (Lipinski definition) is 1. The van der Waals surface area contributed by atoms with Crippen molar-refractivity contribution in [3.63, 3.8) is 0 Å². The first-order chi connectivity index (χ1) is 16.0. The number of anilines is 1. The first-order valence-electron chi connectivity index (χ1n) is 10.3. The van der Waals surface area contributed by atoms with E-state index in [4.69, 9.17) is 9.15 Å². The SMILES string of the molecule is COc1cccc2cc(C(=O)C3=C(O)C(=O)N(c4ccccn4)C3c3ccc(C)cc3)oc12. The monoisotopic (exact) mass is 440 g/mol. The first-order valence-corrected chi connectivity index (χ1v) is 10.3. The van der Waals surface area contributed by atoms with E-state index in [1.54, 1.807) is 48.7 Å². The Kier molecular flexibility index (Phi) is 4.94. The number of aliphatic hydroxyl groups excluding tert-OH is 1. The van der Waals surface area contributed by atoms with Gasteiger partial charge in [-0.1, -0.05) is 48.0 Å². The number of carbonyl (C=O) groups excluding carboxylic acids is 2. The van der Waals surface area contributed by atoms with Gasteiger partial charge in [-0.15, -0.1) is 0 Å². The van der Waals surface area contributed by atoms with Crippen molar-refractivity contribution < 1.29 is 23.8 Å². The topological polar surface area (TPSA) is 92.9 Å². The second-order valence-corrected chi connectivity index (χ2v) is 7.76. The van der Waals surface area contributed by atoms with Crippen molar-refractivity contribution in [2.45, 2.75) is 13.0 Å². The van der Waals surface area contributed by atoms with Gasteiger partial charge in [-0.25, -0.2) is 4.98 Å². The van der Waals surface area contributed by atoms with Crippen LogP contribution in [0.25, 0.3) is 11.0 Å². The van der Waals surface area contributed by atoms with Crippen LogP contribution in [0, 0.1) is 6.92 Å². The second kappa shape index (κ2) is 7.94. The van der Waals surface area contributed by atoms with E-state index in [2.05, 4.69) is 4.98 Å². The number of hydrogen-bond acceptors (Lipinski definition) is 6. The van der Waals surface area contributed by atoms with Crippen molar-refractivity contribution in [3.8, 4) is 5.75 Å². The van der Waals surface area contributed by atoms with Crippen LogP contribution < -0.4 is 9.64 Å². The minimum Gasteiger partial charge on any atom is -0.503 e. The molecule has 0 bridgehead atoms. The standard InChI is InChI=1S/C26H20N2O5/c1-15-9-11-16(12-10-15)22-21(24(30)26(31)28(22)20-8-3-4-13-27-20)23(29)19-14-17-6-5-7-18(32-2)25(17)33-19/h3-14,22,30H,1-2H3. The van der Waals surface area contributed by atoms with Crippen LogP contribution in [0.3, 0.4) is 0 Å². The molecule has 1 aliphatic heterocycles. The Hall–Kier alpha value is -4.39. The van der Waals surface area contributed by atoms with E-state index < -0.39 is 23.5 Å². The Morgan fingerprint density at radius 3 is 2.58 bits per heavy atom. The number of methoxy groups -OCH3 is 1. The molecule has 0 fully saturated rings. The van der Waals surface area contributed by atoms with Crippen LogP contribution in [-0.4, -0.2) is 28.9 Å². The fourth-order valence-corrected chi connectivity index (χ4v) is 4.08. The lowest BCUT2D eigenvalue weighted by atomic mass is 9.94. The van der Waals surface area contributed by atoms with E-state index >= 15 is 0 Å². The number of aromatic nitrogens is 1. The third-order valence-electron chi connectivity index (χ3n) is 5.69. The van der Waals surface area contributed by atoms with Gasteiger partial charge in [0.25, 0.3) is 5.91 Å². The maximum Gasteiger partial charge on any atom is 0.295 e. The zero-order chi connectivity index (χ0) is 23.1. The van der Waals surface area contributed by atoms with Gasteiger partial charge < -0.3 is 14.3 Å². The van der Waals surface area contributed by atoms with Crippen LogP contribution in [0.2, 0.25) is 0 Å². The summed E-state index contributed by atoms with van der Waals surface area (Å²) in [7, 11) is 1.51. The molecule has 5 rings (SSSR count). The minimum absolute atomic E-state index is 0.00355. The molecule has 2 aromatic carbocycles. The van der Waals surface area contributed by atoms with Gasteiger partial charge in [0.05, 0.1) is 18.7 Å². The molecule has 7 nitrogen and oxygen atoms in total. The fraction of sp³-hybridized carbons (Fsp3) is 0.115. The number of furan rings is 1. The summed E-state index contributed by atoms with van der Waals surface area (Å²) >= 11 is 0. The maximum absolute atomic E-state index is 13.6. The zero-order valence-corrected chi connectivity index (χ0v) is 18.0. The van der Waals surface area contributed by atoms with Gasteiger partial charge in [0.2, 0.25) is 5.78 Å². The lowest BCUT2D eigenvalue weighted by Gasteiger charge is -2.25. The molecule has 7 heteroatoms. The van der Waals surface area contributed by atoms with Gasteiger partial charge in [0, 0.05) is 11.6 Å². The summed E-state index contributed by atoms with van der Waals surface area (Å²) in [6.07, 6.45) is 1.55. The molecule has 0 spiro atoms. The van der Waals surface area contributed by atoms with Crippen LogP contribution in [0.5, 0.6) is 5.75 Å². The van der Waals surface area contributed by atoms with Crippen LogP contribution >= 0.6 is 0 Å². The highest BCUT2D eigenvalue weighted by molar-refractivity contribution is 6.20. The average molecular weight is 440 g/mol. The van der Waals surface area contributed by atoms with E-state index in [9.17, 15) is 14.7 Å². The molecule has 33 heavy (non-hydrogen) atoms. The number of nitrogens with zero attached hydrogens (tertiary/aromatic N) is 2. The summed E-state index contributed by atoms with van der Waals surface area (Å²) in [4.78, 5) is 32.4. The van der Waals surface area contributed by atoms with Crippen LogP contribution in [0.4, 0.5) is 5.82 Å². The molecule has 0 radical (unpaired) electrons. The third-order valence-corrected chi connectivity index (χ3v) is 5.69. The Morgan fingerprint density at radius 2 is 1.88 bits per heavy atom. The highest BCUT2D eigenvalue weighted by Gasteiger charge is 2.45. The molecule has 0 aliphatic carbocycles. The highest BCUT2D eigenvalue weighted by Crippen LogP contribution is 2.42. The molecule has 3 heterocycles. The van der Waals surface area contributed by atoms with Crippen molar-refractivity contribution in [2.75, 3.05) is 12.0 Å². The molecule has 1 N–H and O–H groups in total. The van der Waals surface area contributed by atoms with Gasteiger partial charge in [-0.3, -0.25) is 14.5 Å². The first kappa shape index (κ1) is 20.5. The fourth-order valence-electron chi connectivity index (χ4n) is 4.08. The van der Waals surface area contributed by atoms with E-state index in [1.165, 1.54) is 12.0 Å². The molecule has 2 aromatic heterocycles. The van der Waals surface area contributed by atoms with Crippen LogP contribution in [0.1, 0.15) is 27.7 Å². The van der Waals surface area contributed by atoms with Crippen molar-refractivity contribution >= 4 is 28.5 Å². The summed E-state index contributed by atoms with van der Waals surface area (Å²) in [5.41, 5.74) is 2.05. The van der Waals surface area contributed by atoms with E-state index in [0.717, 1.165) is 5.56 Å². The van der Waals surface area contributed by atoms with E-state index in [-0.39, 0.29) is 11.3 Å². The van der Waals surface area contributed by atoms with Crippen LogP contribution in [0.15, 0.2) is 88.7 Å². The molecule has 4 aromatic rings. The minimum atomic E-state index is -0.865. The Morgan fingerprint density at radius 1 is 1.09 bits per heavy atom. The summed E-state index contributed by atoms with van der Waals surface area (Å²) in [5.74, 6) is -1.09. The van der Waals surface area contributed by atoms with Gasteiger partial charge in [0.1, 0.15) is 5.82 Å². The molecule has 0 saturated heterocycles. The molecule has 1 atom stereocenters. The van der Waals surface area contributed by atoms with Crippen molar-refractivity contribution in [3.05, 3.63) is 101 Å². The molecule has 1 unspecified atom stereocenters. The summed E-state index contributed by atoms with van der Waals surface area (Å²) in [6.45, 7) is 1.95. The van der Waals surface area contributed by atoms with Crippen molar-refractivity contribution in [2.24, 2.45) is 0 Å². The quantitative estimate of drug-likeness (QED) is 0.443. The predicted molar refractivity (Wildman–Crippen MR) is 122 cm³/mol. The highest BCUT2D eigenvalue weighted by atomic mass is 16.5. The number of benzene rings is 2. The number of amides is 1. The summed E-state index contributed by atoms with van der Waals surface area (Å²) in [6, 6.07) is 18.6. The number of para-hydroxylation sites is 1. The predicted octanol–water partition coefficient (Wildman–Crippen LogP) is 4.93.